The number of morpholine rings is 1. The smallest absolute Gasteiger partial charge is 0.122 e. The first kappa shape index (κ1) is 13.9. The summed E-state index contributed by atoms with van der Waals surface area (Å²) in [6.07, 6.45) is 1.57. The van der Waals surface area contributed by atoms with Crippen molar-refractivity contribution in [3.63, 3.8) is 0 Å². The third kappa shape index (κ3) is 2.22. The van der Waals surface area contributed by atoms with Crippen LogP contribution in [0.2, 0.25) is 0 Å². The Morgan fingerprint density at radius 2 is 2.15 bits per heavy atom. The average Bonchev–Trinajstić information content (AvgIpc) is 2.44. The Labute approximate surface area is 120 Å². The van der Waals surface area contributed by atoms with E-state index in [0.717, 1.165) is 37.3 Å². The number of hydrogen-bond acceptors (Lipinski definition) is 4. The molecule has 0 bridgehead atoms. The van der Waals surface area contributed by atoms with Gasteiger partial charge in [0.15, 0.2) is 0 Å². The highest BCUT2D eigenvalue weighted by molar-refractivity contribution is 5.48. The number of methoxy groups -OCH3 is 1. The van der Waals surface area contributed by atoms with Gasteiger partial charge >= 0.3 is 0 Å². The Morgan fingerprint density at radius 1 is 1.35 bits per heavy atom. The van der Waals surface area contributed by atoms with Crippen LogP contribution in [0.5, 0.6) is 5.75 Å². The average molecular weight is 277 g/mol. The van der Waals surface area contributed by atoms with Crippen LogP contribution in [0.15, 0.2) is 12.1 Å². The van der Waals surface area contributed by atoms with Gasteiger partial charge in [0.05, 0.1) is 25.9 Å². The van der Waals surface area contributed by atoms with Gasteiger partial charge in [0, 0.05) is 19.0 Å². The molecule has 3 atom stereocenters. The number of rotatable bonds is 2. The van der Waals surface area contributed by atoms with E-state index in [1.54, 1.807) is 7.11 Å². The van der Waals surface area contributed by atoms with E-state index in [0.29, 0.717) is 6.04 Å². The lowest BCUT2D eigenvalue weighted by atomic mass is 9.81. The Balaban J connectivity index is 2.04. The number of aliphatic hydroxyl groups is 1. The number of likely N-dealkylation sites (N-methyl/N-ethyl adjacent to an activating group) is 1. The normalized spacial score (nSPS) is 27.6. The summed E-state index contributed by atoms with van der Waals surface area (Å²) in [5.41, 5.74) is 3.47. The van der Waals surface area contributed by atoms with E-state index in [2.05, 4.69) is 11.9 Å². The van der Waals surface area contributed by atoms with Crippen LogP contribution in [0.3, 0.4) is 0 Å². The largest absolute Gasteiger partial charge is 0.496 e. The molecule has 1 aromatic rings. The molecule has 4 nitrogen and oxygen atoms in total. The minimum atomic E-state index is -0.451. The van der Waals surface area contributed by atoms with Gasteiger partial charge in [-0.15, -0.1) is 0 Å². The topological polar surface area (TPSA) is 41.9 Å². The van der Waals surface area contributed by atoms with Crippen LogP contribution >= 0.6 is 0 Å². The third-order valence-corrected chi connectivity index (χ3v) is 4.68. The second-order valence-electron chi connectivity index (χ2n) is 5.86. The number of nitrogens with zero attached hydrogens (tertiary/aromatic N) is 1. The van der Waals surface area contributed by atoms with Gasteiger partial charge in [-0.25, -0.2) is 0 Å². The molecule has 110 valence electrons. The van der Waals surface area contributed by atoms with Crippen LogP contribution in [0.4, 0.5) is 0 Å². The lowest BCUT2D eigenvalue weighted by Gasteiger charge is -2.43. The summed E-state index contributed by atoms with van der Waals surface area (Å²) < 4.78 is 11.5. The minimum Gasteiger partial charge on any atom is -0.496 e. The summed E-state index contributed by atoms with van der Waals surface area (Å²) in [6, 6.07) is 4.37. The van der Waals surface area contributed by atoms with Gasteiger partial charge in [0.2, 0.25) is 0 Å². The van der Waals surface area contributed by atoms with Crippen molar-refractivity contribution in [3.8, 4) is 5.75 Å². The molecule has 0 amide bonds. The van der Waals surface area contributed by atoms with E-state index in [1.807, 2.05) is 19.1 Å². The molecule has 0 radical (unpaired) electrons. The molecule has 1 fully saturated rings. The maximum atomic E-state index is 10.00. The molecule has 4 heteroatoms. The van der Waals surface area contributed by atoms with Gasteiger partial charge < -0.3 is 14.6 Å². The Morgan fingerprint density at radius 3 is 2.85 bits per heavy atom. The fourth-order valence-electron chi connectivity index (χ4n) is 3.54. The number of hydrogen-bond donors (Lipinski definition) is 1. The molecule has 1 N–H and O–H groups in total. The van der Waals surface area contributed by atoms with Gasteiger partial charge in [-0.2, -0.15) is 0 Å². The zero-order chi connectivity index (χ0) is 14.3. The zero-order valence-corrected chi connectivity index (χ0v) is 12.4. The minimum absolute atomic E-state index is 0.228. The molecular formula is C16H23NO3. The fraction of sp³-hybridized carbons (Fsp3) is 0.625. The van der Waals surface area contributed by atoms with Crippen molar-refractivity contribution in [2.75, 3.05) is 27.3 Å². The van der Waals surface area contributed by atoms with Gasteiger partial charge in [-0.1, -0.05) is 6.07 Å². The summed E-state index contributed by atoms with van der Waals surface area (Å²) in [5, 5.41) is 10.00. The SMILES string of the molecule is COc1ccc(C(C)O)c2c1C[C@@H]1[C@@H](C2)OCCN1C. The standard InChI is InChI=1S/C16H23NO3/c1-10(18)11-4-5-15(19-3)13-8-14-16(9-12(11)13)20-7-6-17(14)2/h4-5,10,14,16,18H,6-9H2,1-3H3/t10?,14-,16-/m1/s1. The van der Waals surface area contributed by atoms with Gasteiger partial charge in [0.1, 0.15) is 5.75 Å². The maximum Gasteiger partial charge on any atom is 0.122 e. The maximum absolute atomic E-state index is 10.00. The van der Waals surface area contributed by atoms with Crippen molar-refractivity contribution in [3.05, 3.63) is 28.8 Å². The van der Waals surface area contributed by atoms with Crippen LogP contribution in [0.1, 0.15) is 29.7 Å². The molecule has 0 spiro atoms. The molecule has 1 aromatic carbocycles. The second kappa shape index (κ2) is 5.35. The predicted octanol–water partition coefficient (Wildman–Crippen LogP) is 1.55. The first-order valence-corrected chi connectivity index (χ1v) is 7.30. The van der Waals surface area contributed by atoms with Crippen LogP contribution in [0, 0.1) is 0 Å². The van der Waals surface area contributed by atoms with Crippen molar-refractivity contribution < 1.29 is 14.6 Å². The highest BCUT2D eigenvalue weighted by atomic mass is 16.5. The van der Waals surface area contributed by atoms with Crippen molar-refractivity contribution in [1.29, 1.82) is 0 Å². The Kier molecular flexibility index (Phi) is 3.71. The van der Waals surface area contributed by atoms with Crippen molar-refractivity contribution in [2.45, 2.75) is 38.0 Å². The van der Waals surface area contributed by atoms with Gasteiger partial charge in [0.25, 0.3) is 0 Å². The van der Waals surface area contributed by atoms with Gasteiger partial charge in [-0.05, 0) is 43.1 Å². The molecular weight excluding hydrogens is 254 g/mol. The highest BCUT2D eigenvalue weighted by Crippen LogP contribution is 2.37. The number of benzene rings is 1. The molecule has 1 aliphatic carbocycles. The molecule has 0 saturated carbocycles. The molecule has 1 unspecified atom stereocenters. The van der Waals surface area contributed by atoms with E-state index < -0.39 is 6.10 Å². The quantitative estimate of drug-likeness (QED) is 0.890. The number of aliphatic hydroxyl groups excluding tert-OH is 1. The van der Waals surface area contributed by atoms with Gasteiger partial charge in [-0.3, -0.25) is 4.90 Å². The summed E-state index contributed by atoms with van der Waals surface area (Å²) >= 11 is 0. The van der Waals surface area contributed by atoms with E-state index in [4.69, 9.17) is 9.47 Å². The first-order valence-electron chi connectivity index (χ1n) is 7.30. The highest BCUT2D eigenvalue weighted by Gasteiger charge is 2.37. The van der Waals surface area contributed by atoms with E-state index in [1.165, 1.54) is 11.1 Å². The van der Waals surface area contributed by atoms with Crippen molar-refractivity contribution >= 4 is 0 Å². The fourth-order valence-corrected chi connectivity index (χ4v) is 3.54. The van der Waals surface area contributed by atoms with E-state index in [9.17, 15) is 5.11 Å². The molecule has 1 aliphatic heterocycles. The second-order valence-corrected chi connectivity index (χ2v) is 5.86. The van der Waals surface area contributed by atoms with Crippen LogP contribution in [0.25, 0.3) is 0 Å². The Bertz CT molecular complexity index is 501. The van der Waals surface area contributed by atoms with Crippen LogP contribution in [-0.2, 0) is 17.6 Å². The third-order valence-electron chi connectivity index (χ3n) is 4.68. The van der Waals surface area contributed by atoms with E-state index >= 15 is 0 Å². The molecule has 2 aliphatic rings. The van der Waals surface area contributed by atoms with E-state index in [-0.39, 0.29) is 6.10 Å². The lowest BCUT2D eigenvalue weighted by molar-refractivity contribution is -0.0648. The molecule has 3 rings (SSSR count). The molecule has 1 heterocycles. The monoisotopic (exact) mass is 277 g/mol. The molecule has 20 heavy (non-hydrogen) atoms. The predicted molar refractivity (Wildman–Crippen MR) is 77.2 cm³/mol. The van der Waals surface area contributed by atoms with Crippen molar-refractivity contribution in [1.82, 2.24) is 4.90 Å². The van der Waals surface area contributed by atoms with Crippen molar-refractivity contribution in [2.24, 2.45) is 0 Å². The summed E-state index contributed by atoms with van der Waals surface area (Å²) in [4.78, 5) is 2.38. The van der Waals surface area contributed by atoms with Crippen LogP contribution < -0.4 is 4.74 Å². The number of fused-ring (bicyclic) bond motifs is 2. The summed E-state index contributed by atoms with van der Waals surface area (Å²) in [5.74, 6) is 0.932. The summed E-state index contributed by atoms with van der Waals surface area (Å²) in [7, 11) is 3.88. The van der Waals surface area contributed by atoms with Crippen LogP contribution in [-0.4, -0.2) is 49.5 Å². The Hall–Kier alpha value is -1.10. The number of ether oxygens (including phenoxy) is 2. The first-order chi connectivity index (χ1) is 9.61. The lowest BCUT2D eigenvalue weighted by Crippen LogP contribution is -2.53. The summed E-state index contributed by atoms with van der Waals surface area (Å²) in [6.45, 7) is 3.60. The molecule has 1 saturated heterocycles. The molecule has 0 aromatic heterocycles. The zero-order valence-electron chi connectivity index (χ0n) is 12.4.